The SMILES string of the molecule is CCCC/C=C\CCCCCCCC(=O)OCC(COC(=O)CCCCCCCCCCCCCCCCC/C=C\C/C=C\CCCCCCC)OC(=O)CCCCCCC/C=C\C/C=C\CCCCCC. The highest BCUT2D eigenvalue weighted by Gasteiger charge is 2.19. The molecule has 1 atom stereocenters. The van der Waals surface area contributed by atoms with Crippen molar-refractivity contribution in [3.63, 3.8) is 0 Å². The second-order valence-electron chi connectivity index (χ2n) is 21.0. The molecule has 0 saturated carbocycles. The highest BCUT2D eigenvalue weighted by atomic mass is 16.6. The molecule has 0 rings (SSSR count). The van der Waals surface area contributed by atoms with Gasteiger partial charge < -0.3 is 14.2 Å². The molecule has 418 valence electrons. The molecular weight excluding hydrogens is 889 g/mol. The average molecular weight is 1010 g/mol. The fourth-order valence-corrected chi connectivity index (χ4v) is 8.96. The molecule has 0 radical (unpaired) electrons. The van der Waals surface area contributed by atoms with Crippen LogP contribution in [0.5, 0.6) is 0 Å². The van der Waals surface area contributed by atoms with Gasteiger partial charge in [0.1, 0.15) is 13.2 Å². The van der Waals surface area contributed by atoms with Crippen molar-refractivity contribution in [3.05, 3.63) is 60.8 Å². The van der Waals surface area contributed by atoms with E-state index in [-0.39, 0.29) is 31.1 Å². The topological polar surface area (TPSA) is 78.9 Å². The fraction of sp³-hybridized carbons (Fsp3) is 0.803. The summed E-state index contributed by atoms with van der Waals surface area (Å²) in [5, 5.41) is 0. The van der Waals surface area contributed by atoms with Crippen LogP contribution in [-0.4, -0.2) is 37.2 Å². The minimum atomic E-state index is -0.784. The summed E-state index contributed by atoms with van der Waals surface area (Å²) in [6.45, 7) is 6.59. The van der Waals surface area contributed by atoms with Gasteiger partial charge in [-0.2, -0.15) is 0 Å². The van der Waals surface area contributed by atoms with E-state index in [0.717, 1.165) is 96.3 Å². The van der Waals surface area contributed by atoms with Gasteiger partial charge >= 0.3 is 17.9 Å². The van der Waals surface area contributed by atoms with Crippen molar-refractivity contribution in [2.45, 2.75) is 329 Å². The van der Waals surface area contributed by atoms with Crippen LogP contribution in [0.2, 0.25) is 0 Å². The van der Waals surface area contributed by atoms with E-state index in [0.29, 0.717) is 19.3 Å². The number of rotatable bonds is 57. The lowest BCUT2D eigenvalue weighted by Gasteiger charge is -2.18. The summed E-state index contributed by atoms with van der Waals surface area (Å²) < 4.78 is 16.9. The third-order valence-corrected chi connectivity index (χ3v) is 13.7. The quantitative estimate of drug-likeness (QED) is 0.0261. The van der Waals surface area contributed by atoms with E-state index in [1.807, 2.05) is 0 Å². The first kappa shape index (κ1) is 69.1. The summed E-state index contributed by atoms with van der Waals surface area (Å²) in [6.07, 6.45) is 76.6. The minimum absolute atomic E-state index is 0.0807. The maximum absolute atomic E-state index is 12.9. The zero-order chi connectivity index (χ0) is 52.2. The van der Waals surface area contributed by atoms with Crippen molar-refractivity contribution >= 4 is 17.9 Å². The summed E-state index contributed by atoms with van der Waals surface area (Å²) in [5.74, 6) is -0.892. The van der Waals surface area contributed by atoms with Crippen LogP contribution in [0.15, 0.2) is 60.8 Å². The summed E-state index contributed by atoms with van der Waals surface area (Å²) in [4.78, 5) is 38.2. The zero-order valence-electron chi connectivity index (χ0n) is 47.9. The van der Waals surface area contributed by atoms with Crippen LogP contribution >= 0.6 is 0 Å². The van der Waals surface area contributed by atoms with Gasteiger partial charge in [-0.3, -0.25) is 14.4 Å². The summed E-state index contributed by atoms with van der Waals surface area (Å²) in [5.41, 5.74) is 0. The van der Waals surface area contributed by atoms with E-state index in [2.05, 4.69) is 81.5 Å². The summed E-state index contributed by atoms with van der Waals surface area (Å²) >= 11 is 0. The molecule has 0 aromatic rings. The van der Waals surface area contributed by atoms with Crippen LogP contribution in [-0.2, 0) is 28.6 Å². The van der Waals surface area contributed by atoms with E-state index >= 15 is 0 Å². The maximum Gasteiger partial charge on any atom is 0.306 e. The number of hydrogen-bond donors (Lipinski definition) is 0. The van der Waals surface area contributed by atoms with E-state index < -0.39 is 6.10 Å². The molecule has 0 aliphatic carbocycles. The number of esters is 3. The Hall–Kier alpha value is -2.89. The standard InChI is InChI=1S/C66H118O6/c1-4-7-10-13-16-19-22-24-26-28-29-30-31-32-33-34-35-36-37-38-40-41-44-47-50-53-56-59-65(68)71-62-63(61-70-64(67)58-55-52-49-46-43-21-18-15-12-9-6-3)72-66(69)60-57-54-51-48-45-42-39-27-25-23-20-17-14-11-8-5-2/h15,18,20,22-24,27-29,39,63H,4-14,16-17,19,21,25-26,30-38,40-62H2,1-3H3/b18-15-,23-20-,24-22-,29-28-,39-27-. The summed E-state index contributed by atoms with van der Waals surface area (Å²) in [6, 6.07) is 0. The summed E-state index contributed by atoms with van der Waals surface area (Å²) in [7, 11) is 0. The van der Waals surface area contributed by atoms with Crippen molar-refractivity contribution < 1.29 is 28.6 Å². The fourth-order valence-electron chi connectivity index (χ4n) is 8.96. The predicted molar refractivity (Wildman–Crippen MR) is 312 cm³/mol. The first-order valence-corrected chi connectivity index (χ1v) is 31.3. The number of unbranched alkanes of at least 4 members (excludes halogenated alkanes) is 36. The molecule has 72 heavy (non-hydrogen) atoms. The highest BCUT2D eigenvalue weighted by Crippen LogP contribution is 2.16. The Morgan fingerprint density at radius 3 is 0.833 bits per heavy atom. The molecular formula is C66H118O6. The normalized spacial score (nSPS) is 12.4. The van der Waals surface area contributed by atoms with Crippen LogP contribution in [0, 0.1) is 0 Å². The van der Waals surface area contributed by atoms with Crippen LogP contribution in [0.25, 0.3) is 0 Å². The predicted octanol–water partition coefficient (Wildman–Crippen LogP) is 21.2. The number of carbonyl (C=O) groups excluding carboxylic acids is 3. The molecule has 0 aromatic carbocycles. The van der Waals surface area contributed by atoms with E-state index in [1.54, 1.807) is 0 Å². The van der Waals surface area contributed by atoms with Crippen molar-refractivity contribution in [2.24, 2.45) is 0 Å². The lowest BCUT2D eigenvalue weighted by Crippen LogP contribution is -2.30. The molecule has 6 heteroatoms. The molecule has 0 aliphatic rings. The van der Waals surface area contributed by atoms with Gasteiger partial charge in [-0.25, -0.2) is 0 Å². The average Bonchev–Trinajstić information content (AvgIpc) is 3.38. The Bertz CT molecular complexity index is 1290. The first-order valence-electron chi connectivity index (χ1n) is 31.3. The van der Waals surface area contributed by atoms with Gasteiger partial charge in [-0.05, 0) is 103 Å². The first-order chi connectivity index (χ1) is 35.5. The molecule has 0 N–H and O–H groups in total. The molecule has 0 fully saturated rings. The highest BCUT2D eigenvalue weighted by molar-refractivity contribution is 5.71. The molecule has 0 saturated heterocycles. The molecule has 0 heterocycles. The Morgan fingerprint density at radius 2 is 0.514 bits per heavy atom. The maximum atomic E-state index is 12.9. The van der Waals surface area contributed by atoms with Gasteiger partial charge in [-0.1, -0.05) is 261 Å². The smallest absolute Gasteiger partial charge is 0.306 e. The van der Waals surface area contributed by atoms with E-state index in [4.69, 9.17) is 14.2 Å². The van der Waals surface area contributed by atoms with Gasteiger partial charge in [0, 0.05) is 19.3 Å². The number of allylic oxidation sites excluding steroid dienone is 10. The van der Waals surface area contributed by atoms with Crippen molar-refractivity contribution in [1.82, 2.24) is 0 Å². The van der Waals surface area contributed by atoms with Crippen LogP contribution in [0.3, 0.4) is 0 Å². The number of ether oxygens (including phenoxy) is 3. The Morgan fingerprint density at radius 1 is 0.278 bits per heavy atom. The molecule has 0 spiro atoms. The zero-order valence-corrected chi connectivity index (χ0v) is 47.9. The Labute approximate surface area is 447 Å². The van der Waals surface area contributed by atoms with Gasteiger partial charge in [0.05, 0.1) is 0 Å². The van der Waals surface area contributed by atoms with E-state index in [9.17, 15) is 14.4 Å². The van der Waals surface area contributed by atoms with Gasteiger partial charge in [0.15, 0.2) is 6.10 Å². The van der Waals surface area contributed by atoms with Gasteiger partial charge in [0.2, 0.25) is 0 Å². The Balaban J connectivity index is 4.21. The van der Waals surface area contributed by atoms with Gasteiger partial charge in [0.25, 0.3) is 0 Å². The largest absolute Gasteiger partial charge is 0.462 e. The van der Waals surface area contributed by atoms with Crippen LogP contribution < -0.4 is 0 Å². The van der Waals surface area contributed by atoms with Crippen molar-refractivity contribution in [2.75, 3.05) is 13.2 Å². The van der Waals surface area contributed by atoms with Crippen molar-refractivity contribution in [1.29, 1.82) is 0 Å². The third kappa shape index (κ3) is 58.0. The minimum Gasteiger partial charge on any atom is -0.462 e. The van der Waals surface area contributed by atoms with Crippen molar-refractivity contribution in [3.8, 4) is 0 Å². The van der Waals surface area contributed by atoms with Crippen LogP contribution in [0.1, 0.15) is 323 Å². The monoisotopic (exact) mass is 1010 g/mol. The molecule has 0 aromatic heterocycles. The van der Waals surface area contributed by atoms with Crippen LogP contribution in [0.4, 0.5) is 0 Å². The third-order valence-electron chi connectivity index (χ3n) is 13.7. The van der Waals surface area contributed by atoms with Gasteiger partial charge in [-0.15, -0.1) is 0 Å². The Kier molecular flexibility index (Phi) is 58.2. The number of carbonyl (C=O) groups is 3. The number of hydrogen-bond acceptors (Lipinski definition) is 6. The lowest BCUT2D eigenvalue weighted by atomic mass is 10.0. The molecule has 6 nitrogen and oxygen atoms in total. The lowest BCUT2D eigenvalue weighted by molar-refractivity contribution is -0.167. The molecule has 0 bridgehead atoms. The molecule has 0 amide bonds. The second-order valence-corrected chi connectivity index (χ2v) is 21.0. The molecule has 1 unspecified atom stereocenters. The van der Waals surface area contributed by atoms with E-state index in [1.165, 1.54) is 186 Å². The molecule has 0 aliphatic heterocycles. The second kappa shape index (κ2) is 60.7.